The van der Waals surface area contributed by atoms with Gasteiger partial charge in [0.05, 0.1) is 5.56 Å². The number of nitrogen functional groups attached to an aromatic ring is 1. The second-order valence-electron chi connectivity index (χ2n) is 4.55. The highest BCUT2D eigenvalue weighted by molar-refractivity contribution is 6.07. The van der Waals surface area contributed by atoms with Gasteiger partial charge in [-0.25, -0.2) is 4.79 Å². The van der Waals surface area contributed by atoms with Gasteiger partial charge in [-0.3, -0.25) is 10.1 Å². The van der Waals surface area contributed by atoms with Gasteiger partial charge in [0.2, 0.25) is 0 Å². The number of aromatic hydroxyl groups is 2. The summed E-state index contributed by atoms with van der Waals surface area (Å²) in [6.45, 7) is 0.0806. The smallest absolute Gasteiger partial charge is 0.321 e. The second kappa shape index (κ2) is 6.49. The first kappa shape index (κ1) is 15.2. The van der Waals surface area contributed by atoms with E-state index in [2.05, 4.69) is 10.6 Å². The Morgan fingerprint density at radius 1 is 1.05 bits per heavy atom. The molecule has 2 aromatic carbocycles. The number of carbonyl (C=O) groups is 2. The van der Waals surface area contributed by atoms with E-state index in [1.54, 1.807) is 18.2 Å². The van der Waals surface area contributed by atoms with Crippen molar-refractivity contribution in [2.75, 3.05) is 5.73 Å². The van der Waals surface area contributed by atoms with Crippen LogP contribution in [-0.4, -0.2) is 22.2 Å². The first-order valence-corrected chi connectivity index (χ1v) is 6.42. The monoisotopic (exact) mass is 301 g/mol. The third-order valence-electron chi connectivity index (χ3n) is 2.93. The summed E-state index contributed by atoms with van der Waals surface area (Å²) in [6.07, 6.45) is 0. The van der Waals surface area contributed by atoms with Crippen LogP contribution in [0.1, 0.15) is 15.9 Å². The Balaban J connectivity index is 1.92. The van der Waals surface area contributed by atoms with E-state index < -0.39 is 11.9 Å². The van der Waals surface area contributed by atoms with Crippen molar-refractivity contribution in [1.29, 1.82) is 0 Å². The van der Waals surface area contributed by atoms with E-state index in [0.717, 1.165) is 0 Å². The number of rotatable bonds is 3. The molecule has 114 valence electrons. The lowest BCUT2D eigenvalue weighted by Gasteiger charge is -2.08. The van der Waals surface area contributed by atoms with E-state index in [4.69, 9.17) is 5.73 Å². The molecule has 0 aromatic heterocycles. The van der Waals surface area contributed by atoms with Crippen LogP contribution in [0.5, 0.6) is 11.5 Å². The van der Waals surface area contributed by atoms with E-state index in [0.29, 0.717) is 5.56 Å². The normalized spacial score (nSPS) is 10.0. The van der Waals surface area contributed by atoms with E-state index in [1.165, 1.54) is 24.3 Å². The minimum atomic E-state index is -0.694. The van der Waals surface area contributed by atoms with Crippen molar-refractivity contribution in [3.63, 3.8) is 0 Å². The van der Waals surface area contributed by atoms with Crippen LogP contribution in [0.3, 0.4) is 0 Å². The Labute approximate surface area is 126 Å². The number of phenols is 2. The zero-order valence-corrected chi connectivity index (χ0v) is 11.5. The van der Waals surface area contributed by atoms with Gasteiger partial charge in [0, 0.05) is 12.2 Å². The van der Waals surface area contributed by atoms with Gasteiger partial charge in [-0.05, 0) is 29.8 Å². The molecule has 0 spiro atoms. The Morgan fingerprint density at radius 2 is 1.77 bits per heavy atom. The number of para-hydroxylation sites is 1. The molecule has 0 heterocycles. The van der Waals surface area contributed by atoms with Gasteiger partial charge < -0.3 is 21.3 Å². The van der Waals surface area contributed by atoms with Crippen LogP contribution in [0, 0.1) is 0 Å². The molecule has 0 bridgehead atoms. The number of hydrogen-bond donors (Lipinski definition) is 5. The summed E-state index contributed by atoms with van der Waals surface area (Å²) in [5.41, 5.74) is 6.70. The molecular weight excluding hydrogens is 286 g/mol. The van der Waals surface area contributed by atoms with Gasteiger partial charge >= 0.3 is 6.03 Å². The fraction of sp³-hybridized carbons (Fsp3) is 0.0667. The average Bonchev–Trinajstić information content (AvgIpc) is 2.49. The highest BCUT2D eigenvalue weighted by Gasteiger charge is 2.12. The van der Waals surface area contributed by atoms with Gasteiger partial charge in [0.1, 0.15) is 0 Å². The molecule has 3 amide bonds. The third-order valence-corrected chi connectivity index (χ3v) is 2.93. The van der Waals surface area contributed by atoms with E-state index in [1.807, 2.05) is 0 Å². The van der Waals surface area contributed by atoms with E-state index in [-0.39, 0.29) is 29.3 Å². The summed E-state index contributed by atoms with van der Waals surface area (Å²) in [6, 6.07) is 9.85. The second-order valence-corrected chi connectivity index (χ2v) is 4.55. The van der Waals surface area contributed by atoms with Crippen molar-refractivity contribution in [3.05, 3.63) is 53.6 Å². The average molecular weight is 301 g/mol. The lowest BCUT2D eigenvalue weighted by atomic mass is 10.2. The number of phenolic OH excluding ortho intramolecular Hbond substituents is 2. The number of amides is 3. The summed E-state index contributed by atoms with van der Waals surface area (Å²) < 4.78 is 0. The topological polar surface area (TPSA) is 125 Å². The van der Waals surface area contributed by atoms with Crippen molar-refractivity contribution in [2.24, 2.45) is 0 Å². The van der Waals surface area contributed by atoms with Crippen LogP contribution in [0.2, 0.25) is 0 Å². The Kier molecular flexibility index (Phi) is 4.47. The number of hydrogen-bond acceptors (Lipinski definition) is 5. The zero-order valence-electron chi connectivity index (χ0n) is 11.5. The maximum absolute atomic E-state index is 11.9. The quantitative estimate of drug-likeness (QED) is 0.432. The van der Waals surface area contributed by atoms with Crippen LogP contribution in [0.15, 0.2) is 42.5 Å². The predicted molar refractivity (Wildman–Crippen MR) is 80.3 cm³/mol. The summed E-state index contributed by atoms with van der Waals surface area (Å²) in [5.74, 6) is -1.14. The fourth-order valence-electron chi connectivity index (χ4n) is 1.78. The highest BCUT2D eigenvalue weighted by atomic mass is 16.3. The minimum Gasteiger partial charge on any atom is -0.504 e. The summed E-state index contributed by atoms with van der Waals surface area (Å²) in [7, 11) is 0. The molecule has 0 saturated carbocycles. The summed E-state index contributed by atoms with van der Waals surface area (Å²) in [5, 5.41) is 23.1. The van der Waals surface area contributed by atoms with Gasteiger partial charge in [-0.15, -0.1) is 0 Å². The molecule has 2 rings (SSSR count). The van der Waals surface area contributed by atoms with Crippen molar-refractivity contribution in [3.8, 4) is 11.5 Å². The molecule has 0 aliphatic carbocycles. The molecule has 0 saturated heterocycles. The SMILES string of the molecule is Nc1ccccc1C(=O)NC(=O)NCc1ccc(O)c(O)c1. The maximum atomic E-state index is 11.9. The fourth-order valence-corrected chi connectivity index (χ4v) is 1.78. The highest BCUT2D eigenvalue weighted by Crippen LogP contribution is 2.24. The van der Waals surface area contributed by atoms with E-state index in [9.17, 15) is 19.8 Å². The number of anilines is 1. The largest absolute Gasteiger partial charge is 0.504 e. The Hall–Kier alpha value is -3.22. The maximum Gasteiger partial charge on any atom is 0.321 e. The van der Waals surface area contributed by atoms with Crippen LogP contribution in [-0.2, 0) is 6.54 Å². The van der Waals surface area contributed by atoms with Crippen LogP contribution >= 0.6 is 0 Å². The van der Waals surface area contributed by atoms with Crippen molar-refractivity contribution in [2.45, 2.75) is 6.54 Å². The standard InChI is InChI=1S/C15H15N3O4/c16-11-4-2-1-3-10(11)14(21)18-15(22)17-8-9-5-6-12(19)13(20)7-9/h1-7,19-20H,8,16H2,(H2,17,18,21,22). The predicted octanol–water partition coefficient (Wildman–Crippen LogP) is 1.32. The zero-order chi connectivity index (χ0) is 16.1. The Bertz CT molecular complexity index is 716. The minimum absolute atomic E-state index is 0.0806. The molecule has 0 unspecified atom stereocenters. The summed E-state index contributed by atoms with van der Waals surface area (Å²) in [4.78, 5) is 23.5. The molecule has 7 heteroatoms. The summed E-state index contributed by atoms with van der Waals surface area (Å²) >= 11 is 0. The molecule has 0 radical (unpaired) electrons. The number of nitrogens with one attached hydrogen (secondary N) is 2. The lowest BCUT2D eigenvalue weighted by molar-refractivity contribution is 0.0964. The van der Waals surface area contributed by atoms with Gasteiger partial charge in [0.15, 0.2) is 11.5 Å². The molecule has 2 aromatic rings. The molecule has 22 heavy (non-hydrogen) atoms. The number of urea groups is 1. The number of benzene rings is 2. The molecule has 0 aliphatic heterocycles. The Morgan fingerprint density at radius 3 is 2.45 bits per heavy atom. The third kappa shape index (κ3) is 3.66. The number of carbonyl (C=O) groups excluding carboxylic acids is 2. The van der Waals surface area contributed by atoms with Crippen LogP contribution in [0.25, 0.3) is 0 Å². The van der Waals surface area contributed by atoms with Gasteiger partial charge in [-0.1, -0.05) is 18.2 Å². The number of nitrogens with two attached hydrogens (primary N) is 1. The first-order valence-electron chi connectivity index (χ1n) is 6.42. The number of imide groups is 1. The van der Waals surface area contributed by atoms with Crippen molar-refractivity contribution in [1.82, 2.24) is 10.6 Å². The van der Waals surface area contributed by atoms with Gasteiger partial charge in [0.25, 0.3) is 5.91 Å². The first-order chi connectivity index (χ1) is 10.5. The lowest BCUT2D eigenvalue weighted by Crippen LogP contribution is -2.39. The molecule has 7 nitrogen and oxygen atoms in total. The van der Waals surface area contributed by atoms with Gasteiger partial charge in [-0.2, -0.15) is 0 Å². The van der Waals surface area contributed by atoms with E-state index >= 15 is 0 Å². The molecule has 0 aliphatic rings. The molecular formula is C15H15N3O4. The molecule has 0 atom stereocenters. The van der Waals surface area contributed by atoms with Crippen molar-refractivity contribution < 1.29 is 19.8 Å². The van der Waals surface area contributed by atoms with Crippen LogP contribution < -0.4 is 16.4 Å². The van der Waals surface area contributed by atoms with Crippen molar-refractivity contribution >= 4 is 17.6 Å². The van der Waals surface area contributed by atoms with Crippen LogP contribution in [0.4, 0.5) is 10.5 Å². The molecule has 6 N–H and O–H groups in total. The molecule has 0 fully saturated rings.